The minimum absolute atomic E-state index is 0.0705. The largest absolute Gasteiger partial charge is 0.461 e. The average molecular weight is 427 g/mol. The topological polar surface area (TPSA) is 126 Å². The van der Waals surface area contributed by atoms with Gasteiger partial charge in [0.25, 0.3) is 0 Å². The number of ketones is 1. The molecule has 2 rings (SSSR count). The van der Waals surface area contributed by atoms with Crippen LogP contribution in [0, 0.1) is 0 Å². The maximum absolute atomic E-state index is 12.0. The first-order valence-corrected chi connectivity index (χ1v) is 11.1. The Hall–Kier alpha value is -2.23. The summed E-state index contributed by atoms with van der Waals surface area (Å²) in [5.74, 6) is 0.628. The molecule has 0 aromatic heterocycles. The monoisotopic (exact) mass is 426 g/mol. The normalized spacial score (nSPS) is 22.2. The summed E-state index contributed by atoms with van der Waals surface area (Å²) in [6, 6.07) is 0.0346. The quantitative estimate of drug-likeness (QED) is 0.151. The Balaban J connectivity index is 1.42. The van der Waals surface area contributed by atoms with Gasteiger partial charge >= 0.3 is 18.0 Å². The Labute approximate surface area is 175 Å². The van der Waals surface area contributed by atoms with Crippen molar-refractivity contribution in [3.63, 3.8) is 0 Å². The molecule has 2 aliphatic rings. The van der Waals surface area contributed by atoms with Crippen LogP contribution < -0.4 is 21.3 Å². The molecule has 0 aromatic rings. The predicted molar refractivity (Wildman–Crippen MR) is 111 cm³/mol. The second kappa shape index (κ2) is 12.4. The van der Waals surface area contributed by atoms with Crippen molar-refractivity contribution < 1.29 is 23.9 Å². The van der Waals surface area contributed by atoms with Crippen molar-refractivity contribution in [3.05, 3.63) is 12.7 Å². The lowest BCUT2D eigenvalue weighted by atomic mass is 10.0. The highest BCUT2D eigenvalue weighted by atomic mass is 32.2. The molecule has 9 nitrogen and oxygen atoms in total. The van der Waals surface area contributed by atoms with Gasteiger partial charge in [-0.05, 0) is 19.3 Å². The van der Waals surface area contributed by atoms with E-state index in [1.54, 1.807) is 0 Å². The van der Waals surface area contributed by atoms with Crippen LogP contribution in [0.5, 0.6) is 0 Å². The lowest BCUT2D eigenvalue weighted by Crippen LogP contribution is -2.38. The van der Waals surface area contributed by atoms with Crippen LogP contribution >= 0.6 is 11.8 Å². The fourth-order valence-corrected chi connectivity index (χ4v) is 4.90. The van der Waals surface area contributed by atoms with Crippen LogP contribution in [0.1, 0.15) is 38.5 Å². The molecule has 0 bridgehead atoms. The third-order valence-corrected chi connectivity index (χ3v) is 6.36. The van der Waals surface area contributed by atoms with Gasteiger partial charge < -0.3 is 26.0 Å². The summed E-state index contributed by atoms with van der Waals surface area (Å²) in [6.45, 7) is 3.99. The first-order valence-electron chi connectivity index (χ1n) is 10.0. The smallest absolute Gasteiger partial charge is 0.330 e. The summed E-state index contributed by atoms with van der Waals surface area (Å²) in [4.78, 5) is 45.7. The van der Waals surface area contributed by atoms with E-state index in [0.29, 0.717) is 31.1 Å². The first-order chi connectivity index (χ1) is 14.0. The maximum atomic E-state index is 12.0. The number of esters is 1. The van der Waals surface area contributed by atoms with Crippen LogP contribution in [0.15, 0.2) is 12.7 Å². The van der Waals surface area contributed by atoms with Crippen LogP contribution in [0.3, 0.4) is 0 Å². The highest BCUT2D eigenvalue weighted by Crippen LogP contribution is 2.33. The van der Waals surface area contributed by atoms with Gasteiger partial charge in [0.15, 0.2) is 0 Å². The van der Waals surface area contributed by atoms with Crippen molar-refractivity contribution in [1.82, 2.24) is 21.3 Å². The molecule has 0 aromatic carbocycles. The molecule has 0 radical (unpaired) electrons. The van der Waals surface area contributed by atoms with E-state index in [-0.39, 0.29) is 43.1 Å². The molecule has 2 saturated heterocycles. The summed E-state index contributed by atoms with van der Waals surface area (Å²) < 4.78 is 4.74. The van der Waals surface area contributed by atoms with Gasteiger partial charge in [0.1, 0.15) is 12.4 Å². The lowest BCUT2D eigenvalue weighted by molar-refractivity contribution is -0.137. The summed E-state index contributed by atoms with van der Waals surface area (Å²) in [7, 11) is 0. The zero-order chi connectivity index (χ0) is 21.1. The van der Waals surface area contributed by atoms with E-state index < -0.39 is 5.97 Å². The van der Waals surface area contributed by atoms with Gasteiger partial charge in [-0.25, -0.2) is 14.4 Å². The number of ether oxygens (including phenoxy) is 1. The van der Waals surface area contributed by atoms with E-state index in [1.807, 2.05) is 11.8 Å². The zero-order valence-electron chi connectivity index (χ0n) is 16.5. The predicted octanol–water partition coefficient (Wildman–Crippen LogP) is 1.09. The van der Waals surface area contributed by atoms with Gasteiger partial charge in [-0.3, -0.25) is 4.79 Å². The molecule has 0 spiro atoms. The number of thioether (sulfide) groups is 1. The van der Waals surface area contributed by atoms with E-state index in [2.05, 4.69) is 27.8 Å². The third-order valence-electron chi connectivity index (χ3n) is 4.85. The van der Waals surface area contributed by atoms with E-state index in [4.69, 9.17) is 4.74 Å². The Morgan fingerprint density at radius 1 is 1.14 bits per heavy atom. The summed E-state index contributed by atoms with van der Waals surface area (Å²) in [5.41, 5.74) is 0. The SMILES string of the molecule is C=CC(=O)OCCNC(=O)NCCCC(=O)CCCCC1SCC2NC(=O)NC21. The molecule has 10 heteroatoms. The van der Waals surface area contributed by atoms with Gasteiger partial charge in [-0.2, -0.15) is 11.8 Å². The van der Waals surface area contributed by atoms with Crippen molar-refractivity contribution in [3.8, 4) is 0 Å². The highest BCUT2D eigenvalue weighted by molar-refractivity contribution is 8.00. The van der Waals surface area contributed by atoms with E-state index in [0.717, 1.165) is 31.1 Å². The molecule has 3 unspecified atom stereocenters. The number of nitrogens with one attached hydrogen (secondary N) is 4. The molecule has 3 atom stereocenters. The van der Waals surface area contributed by atoms with Crippen LogP contribution in [-0.2, 0) is 14.3 Å². The number of amides is 4. The molecular formula is C19H30N4O5S. The maximum Gasteiger partial charge on any atom is 0.330 e. The van der Waals surface area contributed by atoms with Crippen LogP contribution in [-0.4, -0.2) is 66.6 Å². The minimum atomic E-state index is -0.528. The molecule has 0 saturated carbocycles. The van der Waals surface area contributed by atoms with Crippen molar-refractivity contribution >= 4 is 35.6 Å². The molecule has 162 valence electrons. The summed E-state index contributed by atoms with van der Waals surface area (Å²) in [5, 5.41) is 11.6. The Morgan fingerprint density at radius 3 is 2.69 bits per heavy atom. The molecule has 29 heavy (non-hydrogen) atoms. The molecule has 0 aliphatic carbocycles. The molecule has 4 amide bonds. The summed E-state index contributed by atoms with van der Waals surface area (Å²) in [6.07, 6.45) is 5.48. The van der Waals surface area contributed by atoms with E-state index in [9.17, 15) is 19.2 Å². The van der Waals surface area contributed by atoms with Crippen molar-refractivity contribution in [2.24, 2.45) is 0 Å². The number of hydrogen-bond acceptors (Lipinski definition) is 6. The third kappa shape index (κ3) is 8.35. The average Bonchev–Trinajstić information content (AvgIpc) is 3.25. The van der Waals surface area contributed by atoms with Gasteiger partial charge in [0.2, 0.25) is 0 Å². The lowest BCUT2D eigenvalue weighted by Gasteiger charge is -2.16. The second-order valence-corrected chi connectivity index (χ2v) is 8.34. The van der Waals surface area contributed by atoms with Gasteiger partial charge in [0, 0.05) is 36.5 Å². The number of urea groups is 2. The van der Waals surface area contributed by atoms with Crippen LogP contribution in [0.4, 0.5) is 9.59 Å². The highest BCUT2D eigenvalue weighted by Gasteiger charge is 2.42. The Kier molecular flexibility index (Phi) is 9.82. The second-order valence-electron chi connectivity index (χ2n) is 7.06. The Bertz CT molecular complexity index is 615. The van der Waals surface area contributed by atoms with Crippen molar-refractivity contribution in [2.75, 3.05) is 25.4 Å². The fraction of sp³-hybridized carbons (Fsp3) is 0.684. The van der Waals surface area contributed by atoms with E-state index in [1.165, 1.54) is 0 Å². The van der Waals surface area contributed by atoms with Crippen LogP contribution in [0.2, 0.25) is 0 Å². The molecule has 2 heterocycles. The number of carbonyl (C=O) groups is 4. The Morgan fingerprint density at radius 2 is 1.90 bits per heavy atom. The standard InChI is InChI=1S/C19H30N4O5S/c1-2-16(25)28-11-10-21-18(26)20-9-5-7-13(24)6-3-4-8-15-17-14(12-29-15)22-19(27)23-17/h2,14-15,17H,1,3-12H2,(H2,20,21,26)(H2,22,23,27). The number of fused-ring (bicyclic) bond motifs is 1. The molecule has 2 aliphatic heterocycles. The number of rotatable bonds is 13. The van der Waals surface area contributed by atoms with Crippen LogP contribution in [0.25, 0.3) is 0 Å². The fourth-order valence-electron chi connectivity index (χ4n) is 3.36. The molecular weight excluding hydrogens is 396 g/mol. The van der Waals surface area contributed by atoms with Crippen molar-refractivity contribution in [1.29, 1.82) is 0 Å². The van der Waals surface area contributed by atoms with Gasteiger partial charge in [-0.1, -0.05) is 13.0 Å². The minimum Gasteiger partial charge on any atom is -0.461 e. The summed E-state index contributed by atoms with van der Waals surface area (Å²) >= 11 is 1.89. The zero-order valence-corrected chi connectivity index (χ0v) is 17.4. The van der Waals surface area contributed by atoms with Gasteiger partial charge in [0.05, 0.1) is 18.6 Å². The first kappa shape index (κ1) is 23.1. The number of unbranched alkanes of at least 4 members (excludes halogenated alkanes) is 1. The van der Waals surface area contributed by atoms with Crippen molar-refractivity contribution in [2.45, 2.75) is 55.9 Å². The van der Waals surface area contributed by atoms with E-state index >= 15 is 0 Å². The van der Waals surface area contributed by atoms with Gasteiger partial charge in [-0.15, -0.1) is 0 Å². The molecule has 2 fully saturated rings. The number of hydrogen-bond donors (Lipinski definition) is 4. The number of carbonyl (C=O) groups excluding carboxylic acids is 4. The number of Topliss-reactive ketones (excluding diaryl/α,β-unsaturated/α-hetero) is 1. The molecule has 4 N–H and O–H groups in total.